The molecule has 0 spiro atoms. The van der Waals surface area contributed by atoms with Gasteiger partial charge in [-0.15, -0.1) is 0 Å². The molecule has 102 valence electrons. The lowest BCUT2D eigenvalue weighted by Crippen LogP contribution is -2.12. The predicted octanol–water partition coefficient (Wildman–Crippen LogP) is 2.60. The first-order valence-electron chi connectivity index (χ1n) is 6.16. The van der Waals surface area contributed by atoms with Gasteiger partial charge in [0.15, 0.2) is 0 Å². The molecular weight excluding hydrogens is 254 g/mol. The van der Waals surface area contributed by atoms with Crippen molar-refractivity contribution in [1.82, 2.24) is 4.98 Å². The van der Waals surface area contributed by atoms with Gasteiger partial charge in [0.2, 0.25) is 5.91 Å². The van der Waals surface area contributed by atoms with Crippen LogP contribution in [0, 0.1) is 6.92 Å². The molecule has 0 aliphatic rings. The molecule has 5 heteroatoms. The lowest BCUT2D eigenvalue weighted by molar-refractivity contribution is -0.114. The molecule has 0 unspecified atom stereocenters. The van der Waals surface area contributed by atoms with Crippen LogP contribution in [0.5, 0.6) is 0 Å². The van der Waals surface area contributed by atoms with E-state index in [2.05, 4.69) is 15.6 Å². The Morgan fingerprint density at radius 3 is 2.30 bits per heavy atom. The number of rotatable bonds is 3. The van der Waals surface area contributed by atoms with E-state index in [0.717, 1.165) is 5.69 Å². The third-order valence-corrected chi connectivity index (χ3v) is 2.62. The number of carbonyl (C=O) groups is 2. The molecule has 1 aromatic carbocycles. The maximum atomic E-state index is 12.0. The summed E-state index contributed by atoms with van der Waals surface area (Å²) in [5.41, 5.74) is 2.72. The Morgan fingerprint density at radius 2 is 1.70 bits per heavy atom. The van der Waals surface area contributed by atoms with Crippen molar-refractivity contribution in [3.05, 3.63) is 53.9 Å². The molecule has 2 rings (SSSR count). The van der Waals surface area contributed by atoms with Gasteiger partial charge >= 0.3 is 0 Å². The average molecular weight is 269 g/mol. The lowest BCUT2D eigenvalue weighted by Gasteiger charge is -2.07. The summed E-state index contributed by atoms with van der Waals surface area (Å²) < 4.78 is 0. The van der Waals surface area contributed by atoms with Gasteiger partial charge in [0, 0.05) is 35.8 Å². The highest BCUT2D eigenvalue weighted by Gasteiger charge is 2.06. The summed E-state index contributed by atoms with van der Waals surface area (Å²) in [6.45, 7) is 3.30. The Hall–Kier alpha value is -2.69. The lowest BCUT2D eigenvalue weighted by atomic mass is 10.2. The monoisotopic (exact) mass is 269 g/mol. The zero-order valence-electron chi connectivity index (χ0n) is 11.3. The molecule has 0 atom stereocenters. The fourth-order valence-corrected chi connectivity index (χ4v) is 1.73. The molecule has 0 fully saturated rings. The van der Waals surface area contributed by atoms with Crippen molar-refractivity contribution >= 4 is 23.2 Å². The van der Waals surface area contributed by atoms with E-state index in [4.69, 9.17) is 0 Å². The molecule has 5 nitrogen and oxygen atoms in total. The Bertz CT molecular complexity index is 636. The number of nitrogens with one attached hydrogen (secondary N) is 2. The number of aryl methyl sites for hydroxylation is 1. The fraction of sp³-hybridized carbons (Fsp3) is 0.133. The Balaban J connectivity index is 2.07. The van der Waals surface area contributed by atoms with E-state index in [1.807, 2.05) is 6.92 Å². The maximum absolute atomic E-state index is 12.0. The van der Waals surface area contributed by atoms with Gasteiger partial charge in [0.25, 0.3) is 5.91 Å². The van der Waals surface area contributed by atoms with Crippen LogP contribution in [0.25, 0.3) is 0 Å². The van der Waals surface area contributed by atoms with Crippen molar-refractivity contribution in [1.29, 1.82) is 0 Å². The summed E-state index contributed by atoms with van der Waals surface area (Å²) >= 11 is 0. The van der Waals surface area contributed by atoms with Gasteiger partial charge in [-0.1, -0.05) is 0 Å². The van der Waals surface area contributed by atoms with Crippen LogP contribution in [-0.2, 0) is 4.79 Å². The van der Waals surface area contributed by atoms with Gasteiger partial charge in [-0.25, -0.2) is 0 Å². The van der Waals surface area contributed by atoms with Crippen molar-refractivity contribution in [2.24, 2.45) is 0 Å². The van der Waals surface area contributed by atoms with Gasteiger partial charge in [0.1, 0.15) is 0 Å². The van der Waals surface area contributed by atoms with Gasteiger partial charge < -0.3 is 10.6 Å². The third-order valence-electron chi connectivity index (χ3n) is 2.62. The number of benzene rings is 1. The molecule has 1 heterocycles. The summed E-state index contributed by atoms with van der Waals surface area (Å²) in [6, 6.07) is 10.2. The van der Waals surface area contributed by atoms with Crippen LogP contribution in [0.3, 0.4) is 0 Å². The largest absolute Gasteiger partial charge is 0.326 e. The smallest absolute Gasteiger partial charge is 0.255 e. The number of amides is 2. The minimum absolute atomic E-state index is 0.144. The zero-order chi connectivity index (χ0) is 14.5. The predicted molar refractivity (Wildman–Crippen MR) is 77.7 cm³/mol. The molecule has 0 saturated carbocycles. The first-order chi connectivity index (χ1) is 9.54. The second-order valence-corrected chi connectivity index (χ2v) is 4.40. The standard InChI is InChI=1S/C15H15N3O2/c1-10-9-14(7-8-16-10)18-15(20)12-3-5-13(6-4-12)17-11(2)19/h3-9H,1-2H3,(H,17,19)(H,16,18,20). The summed E-state index contributed by atoms with van der Waals surface area (Å²) in [7, 11) is 0. The van der Waals surface area contributed by atoms with Crippen LogP contribution >= 0.6 is 0 Å². The van der Waals surface area contributed by atoms with E-state index in [1.165, 1.54) is 6.92 Å². The third kappa shape index (κ3) is 3.65. The molecule has 0 aliphatic carbocycles. The second kappa shape index (κ2) is 5.97. The molecule has 0 saturated heterocycles. The Labute approximate surface area is 117 Å². The van der Waals surface area contributed by atoms with Crippen molar-refractivity contribution < 1.29 is 9.59 Å². The van der Waals surface area contributed by atoms with Gasteiger partial charge in [-0.2, -0.15) is 0 Å². The minimum Gasteiger partial charge on any atom is -0.326 e. The molecule has 2 aromatic rings. The van der Waals surface area contributed by atoms with Crippen LogP contribution in [-0.4, -0.2) is 16.8 Å². The maximum Gasteiger partial charge on any atom is 0.255 e. The van der Waals surface area contributed by atoms with Crippen LogP contribution in [0.15, 0.2) is 42.6 Å². The first kappa shape index (κ1) is 13.7. The number of anilines is 2. The quantitative estimate of drug-likeness (QED) is 0.899. The van der Waals surface area contributed by atoms with E-state index in [9.17, 15) is 9.59 Å². The van der Waals surface area contributed by atoms with Gasteiger partial charge in [-0.05, 0) is 43.3 Å². The summed E-state index contributed by atoms with van der Waals surface area (Å²) in [6.07, 6.45) is 1.64. The molecule has 2 amide bonds. The zero-order valence-corrected chi connectivity index (χ0v) is 11.3. The Morgan fingerprint density at radius 1 is 1.00 bits per heavy atom. The van der Waals surface area contributed by atoms with E-state index < -0.39 is 0 Å². The SMILES string of the molecule is CC(=O)Nc1ccc(C(=O)Nc2ccnc(C)c2)cc1. The van der Waals surface area contributed by atoms with E-state index in [1.54, 1.807) is 42.6 Å². The molecule has 2 N–H and O–H groups in total. The highest BCUT2D eigenvalue weighted by molar-refractivity contribution is 6.04. The summed E-state index contributed by atoms with van der Waals surface area (Å²) in [5.74, 6) is -0.348. The molecule has 0 bridgehead atoms. The van der Waals surface area contributed by atoms with Crippen LogP contribution in [0.4, 0.5) is 11.4 Å². The number of carbonyl (C=O) groups excluding carboxylic acids is 2. The molecule has 20 heavy (non-hydrogen) atoms. The fourth-order valence-electron chi connectivity index (χ4n) is 1.73. The highest BCUT2D eigenvalue weighted by Crippen LogP contribution is 2.13. The number of hydrogen-bond donors (Lipinski definition) is 2. The average Bonchev–Trinajstić information content (AvgIpc) is 2.38. The molecule has 1 aromatic heterocycles. The topological polar surface area (TPSA) is 71.1 Å². The number of nitrogens with zero attached hydrogens (tertiary/aromatic N) is 1. The summed E-state index contributed by atoms with van der Waals surface area (Å²) in [4.78, 5) is 27.0. The van der Waals surface area contributed by atoms with Crippen LogP contribution in [0.1, 0.15) is 23.0 Å². The molecular formula is C15H15N3O2. The minimum atomic E-state index is -0.204. The van der Waals surface area contributed by atoms with Gasteiger partial charge in [0.05, 0.1) is 0 Å². The normalized spacial score (nSPS) is 9.90. The Kier molecular flexibility index (Phi) is 4.10. The van der Waals surface area contributed by atoms with Crippen molar-refractivity contribution in [2.75, 3.05) is 10.6 Å². The number of hydrogen-bond acceptors (Lipinski definition) is 3. The van der Waals surface area contributed by atoms with Crippen LogP contribution in [0.2, 0.25) is 0 Å². The van der Waals surface area contributed by atoms with Gasteiger partial charge in [-0.3, -0.25) is 14.6 Å². The number of aromatic nitrogens is 1. The van der Waals surface area contributed by atoms with Crippen molar-refractivity contribution in [2.45, 2.75) is 13.8 Å². The number of pyridine rings is 1. The molecule has 0 radical (unpaired) electrons. The second-order valence-electron chi connectivity index (χ2n) is 4.40. The highest BCUT2D eigenvalue weighted by atomic mass is 16.2. The van der Waals surface area contributed by atoms with Crippen LogP contribution < -0.4 is 10.6 Å². The van der Waals surface area contributed by atoms with E-state index in [-0.39, 0.29) is 11.8 Å². The van der Waals surface area contributed by atoms with Crippen molar-refractivity contribution in [3.8, 4) is 0 Å². The van der Waals surface area contributed by atoms with E-state index in [0.29, 0.717) is 16.9 Å². The molecule has 0 aliphatic heterocycles. The summed E-state index contributed by atoms with van der Waals surface area (Å²) in [5, 5.41) is 5.44. The van der Waals surface area contributed by atoms with Crippen molar-refractivity contribution in [3.63, 3.8) is 0 Å². The van der Waals surface area contributed by atoms with E-state index >= 15 is 0 Å². The first-order valence-corrected chi connectivity index (χ1v) is 6.16.